The van der Waals surface area contributed by atoms with Gasteiger partial charge in [0.1, 0.15) is 5.66 Å². The van der Waals surface area contributed by atoms with Crippen LogP contribution < -0.4 is 5.73 Å². The van der Waals surface area contributed by atoms with Crippen LogP contribution in [0.3, 0.4) is 0 Å². The first kappa shape index (κ1) is 28.3. The summed E-state index contributed by atoms with van der Waals surface area (Å²) >= 11 is 0. The second-order valence-electron chi connectivity index (χ2n) is 13.4. The molecule has 1 spiro atoms. The topological polar surface area (TPSA) is 92.7 Å². The van der Waals surface area contributed by atoms with E-state index in [9.17, 15) is 14.5 Å². The smallest absolute Gasteiger partial charge is 0.338 e. The van der Waals surface area contributed by atoms with Crippen molar-refractivity contribution in [3.05, 3.63) is 40.3 Å². The molecule has 0 bridgehead atoms. The van der Waals surface area contributed by atoms with Gasteiger partial charge in [0.05, 0.1) is 11.7 Å². The van der Waals surface area contributed by atoms with E-state index >= 15 is 0 Å². The van der Waals surface area contributed by atoms with E-state index in [0.29, 0.717) is 30.7 Å². The maximum atomic E-state index is 13.5. The Bertz CT molecular complexity index is 979. The summed E-state index contributed by atoms with van der Waals surface area (Å²) in [5, 5.41) is 0. The zero-order valence-corrected chi connectivity index (χ0v) is 23.5. The van der Waals surface area contributed by atoms with Crippen LogP contribution in [0.2, 0.25) is 0 Å². The lowest BCUT2D eigenvalue weighted by Crippen LogP contribution is -2.65. The number of hydrogen-bond acceptors (Lipinski definition) is 5. The van der Waals surface area contributed by atoms with Crippen LogP contribution in [0.15, 0.2) is 24.3 Å². The standard InChI is InChI=1S/C29H46N3O4/c1-20(2)36-25(34)21-9-11-23(12-10-21)29(30,18-17-26(3,4)5)32-24(33)19-31(35)28(32)15-13-22(14-16-28)27(6,7)8/h9-12,20,22H,13-19,30H2,1-8H3/q+1. The van der Waals surface area contributed by atoms with Crippen molar-refractivity contribution in [2.75, 3.05) is 6.54 Å². The van der Waals surface area contributed by atoms with Gasteiger partial charge in [0, 0.05) is 22.5 Å². The number of carbonyl (C=O) groups is 2. The summed E-state index contributed by atoms with van der Waals surface area (Å²) in [6.45, 7) is 16.6. The Morgan fingerprint density at radius 2 is 1.64 bits per heavy atom. The maximum Gasteiger partial charge on any atom is 0.338 e. The summed E-state index contributed by atoms with van der Waals surface area (Å²) in [5.41, 5.74) is 6.43. The van der Waals surface area contributed by atoms with Gasteiger partial charge in [0.25, 0.3) is 18.1 Å². The molecule has 2 fully saturated rings. The van der Waals surface area contributed by atoms with Gasteiger partial charge in [-0.15, -0.1) is 0 Å². The number of carbonyl (C=O) groups excluding carboxylic acids is 2. The molecule has 1 saturated heterocycles. The van der Waals surface area contributed by atoms with E-state index in [1.54, 1.807) is 17.0 Å². The highest BCUT2D eigenvalue weighted by Gasteiger charge is 2.66. The third kappa shape index (κ3) is 5.66. The van der Waals surface area contributed by atoms with Crippen LogP contribution in [0.25, 0.3) is 0 Å². The molecule has 200 valence electrons. The van der Waals surface area contributed by atoms with Crippen molar-refractivity contribution in [3.63, 3.8) is 0 Å². The number of ether oxygens (including phenoxy) is 1. The molecular formula is C29H46N3O4+. The zero-order valence-electron chi connectivity index (χ0n) is 23.5. The van der Waals surface area contributed by atoms with Crippen LogP contribution in [-0.2, 0) is 15.2 Å². The minimum atomic E-state index is -1.17. The molecule has 1 aliphatic heterocycles. The van der Waals surface area contributed by atoms with Crippen LogP contribution >= 0.6 is 0 Å². The maximum absolute atomic E-state index is 13.5. The molecular weight excluding hydrogens is 454 g/mol. The summed E-state index contributed by atoms with van der Waals surface area (Å²) in [6.07, 6.45) is 4.03. The zero-order chi connectivity index (χ0) is 27.1. The Kier molecular flexibility index (Phi) is 7.77. The number of rotatable bonds is 6. The molecule has 1 heterocycles. The van der Waals surface area contributed by atoms with E-state index in [1.165, 1.54) is 0 Å². The third-order valence-electron chi connectivity index (χ3n) is 8.04. The van der Waals surface area contributed by atoms with E-state index in [0.717, 1.165) is 29.6 Å². The van der Waals surface area contributed by atoms with E-state index < -0.39 is 17.3 Å². The number of amides is 1. The Balaban J connectivity index is 2.03. The number of nitrogens with two attached hydrogens (primary N) is 1. The quantitative estimate of drug-likeness (QED) is 0.397. The summed E-state index contributed by atoms with van der Waals surface area (Å²) in [4.78, 5) is 41.0. The van der Waals surface area contributed by atoms with E-state index in [1.807, 2.05) is 26.0 Å². The fourth-order valence-corrected chi connectivity index (χ4v) is 5.83. The average Bonchev–Trinajstić information content (AvgIpc) is 3.00. The van der Waals surface area contributed by atoms with Gasteiger partial charge in [0.15, 0.2) is 0 Å². The Morgan fingerprint density at radius 3 is 2.11 bits per heavy atom. The molecule has 1 aromatic rings. The summed E-state index contributed by atoms with van der Waals surface area (Å²) in [6, 6.07) is 7.04. The Morgan fingerprint density at radius 1 is 1.08 bits per heavy atom. The van der Waals surface area contributed by atoms with Crippen LogP contribution in [0.4, 0.5) is 0 Å². The van der Waals surface area contributed by atoms with Gasteiger partial charge in [-0.2, -0.15) is 0 Å². The van der Waals surface area contributed by atoms with Crippen molar-refractivity contribution < 1.29 is 19.1 Å². The number of hydrogen-bond donors (Lipinski definition) is 1. The first-order valence-electron chi connectivity index (χ1n) is 13.4. The summed E-state index contributed by atoms with van der Waals surface area (Å²) in [5.74, 6) is -0.130. The van der Waals surface area contributed by atoms with E-state index in [2.05, 4.69) is 41.5 Å². The van der Waals surface area contributed by atoms with Crippen LogP contribution in [0, 0.1) is 21.7 Å². The molecule has 0 radical (unpaired) electrons. The molecule has 2 N–H and O–H groups in total. The summed E-state index contributed by atoms with van der Waals surface area (Å²) in [7, 11) is 0. The molecule has 1 unspecified atom stereocenters. The van der Waals surface area contributed by atoms with Crippen molar-refractivity contribution in [2.45, 2.75) is 111 Å². The van der Waals surface area contributed by atoms with Crippen molar-refractivity contribution in [1.29, 1.82) is 0 Å². The largest absolute Gasteiger partial charge is 0.459 e. The van der Waals surface area contributed by atoms with Crippen molar-refractivity contribution in [2.24, 2.45) is 22.5 Å². The van der Waals surface area contributed by atoms with E-state index in [-0.39, 0.29) is 29.4 Å². The molecule has 7 heteroatoms. The first-order chi connectivity index (χ1) is 16.5. The van der Waals surface area contributed by atoms with E-state index in [4.69, 9.17) is 10.5 Å². The van der Waals surface area contributed by atoms with Gasteiger partial charge >= 0.3 is 5.97 Å². The highest BCUT2D eigenvalue weighted by molar-refractivity contribution is 5.89. The van der Waals surface area contributed by atoms with Crippen molar-refractivity contribution >= 4 is 11.9 Å². The monoisotopic (exact) mass is 500 g/mol. The second kappa shape index (κ2) is 9.88. The molecule has 3 rings (SSSR count). The van der Waals surface area contributed by atoms with Gasteiger partial charge in [-0.3, -0.25) is 9.69 Å². The molecule has 1 aromatic carbocycles. The minimum Gasteiger partial charge on any atom is -0.459 e. The molecule has 2 aliphatic rings. The Labute approximate surface area is 216 Å². The Hall–Kier alpha value is -2.28. The van der Waals surface area contributed by atoms with Crippen LogP contribution in [0.1, 0.15) is 110 Å². The van der Waals surface area contributed by atoms with Gasteiger partial charge in [-0.25, -0.2) is 4.79 Å². The molecule has 1 amide bonds. The minimum absolute atomic E-state index is 0.0113. The van der Waals surface area contributed by atoms with Gasteiger partial charge in [0.2, 0.25) is 0 Å². The van der Waals surface area contributed by atoms with Gasteiger partial charge in [-0.1, -0.05) is 53.7 Å². The highest BCUT2D eigenvalue weighted by atomic mass is 16.5. The average molecular weight is 501 g/mol. The molecule has 36 heavy (non-hydrogen) atoms. The SMILES string of the molecule is CC(C)OC(=O)c1ccc(C(N)(CCC(C)(C)C)N2C(=O)C[N+](=O)C23CCC(C(C)(C)C)CC3)cc1. The lowest BCUT2D eigenvalue weighted by atomic mass is 9.69. The number of benzene rings is 1. The lowest BCUT2D eigenvalue weighted by molar-refractivity contribution is -0.630. The predicted molar refractivity (Wildman–Crippen MR) is 141 cm³/mol. The second-order valence-corrected chi connectivity index (χ2v) is 13.4. The number of nitrogens with zero attached hydrogens (tertiary/aromatic N) is 2. The molecule has 1 saturated carbocycles. The number of esters is 1. The lowest BCUT2D eigenvalue weighted by Gasteiger charge is -2.47. The third-order valence-corrected chi connectivity index (χ3v) is 8.04. The predicted octanol–water partition coefficient (Wildman–Crippen LogP) is 5.74. The molecule has 1 atom stereocenters. The van der Waals surface area contributed by atoms with Crippen LogP contribution in [0.5, 0.6) is 0 Å². The highest BCUT2D eigenvalue weighted by Crippen LogP contribution is 2.50. The fraction of sp³-hybridized carbons (Fsp3) is 0.724. The van der Waals surface area contributed by atoms with Crippen molar-refractivity contribution in [3.8, 4) is 0 Å². The van der Waals surface area contributed by atoms with Crippen LogP contribution in [-0.4, -0.2) is 39.8 Å². The summed E-state index contributed by atoms with van der Waals surface area (Å²) < 4.78 is 6.32. The fourth-order valence-electron chi connectivity index (χ4n) is 5.83. The normalized spacial score (nSPS) is 24.9. The first-order valence-corrected chi connectivity index (χ1v) is 13.4. The van der Waals surface area contributed by atoms with Gasteiger partial charge in [-0.05, 0) is 74.0 Å². The molecule has 1 aliphatic carbocycles. The molecule has 7 nitrogen and oxygen atoms in total. The molecule has 0 aromatic heterocycles. The van der Waals surface area contributed by atoms with Gasteiger partial charge < -0.3 is 10.5 Å². The van der Waals surface area contributed by atoms with Crippen molar-refractivity contribution in [1.82, 2.24) is 4.90 Å². The number of nitroso groups, excluding NO2 is 1.